The van der Waals surface area contributed by atoms with Crippen LogP contribution in [0.1, 0.15) is 28.8 Å². The number of hydrogen-bond acceptors (Lipinski definition) is 7. The van der Waals surface area contributed by atoms with Crippen molar-refractivity contribution in [2.75, 3.05) is 13.1 Å². The van der Waals surface area contributed by atoms with Crippen molar-refractivity contribution in [2.45, 2.75) is 31.2 Å². The van der Waals surface area contributed by atoms with Crippen LogP contribution < -0.4 is 10.3 Å². The van der Waals surface area contributed by atoms with Gasteiger partial charge in [0.2, 0.25) is 5.88 Å². The molecule has 2 aromatic carbocycles. The van der Waals surface area contributed by atoms with Gasteiger partial charge in [0.25, 0.3) is 11.5 Å². The zero-order chi connectivity index (χ0) is 30.2. The molecule has 4 heterocycles. The molecule has 0 radical (unpaired) electrons. The summed E-state index contributed by atoms with van der Waals surface area (Å²) in [5.41, 5.74) is -1.51. The van der Waals surface area contributed by atoms with E-state index in [1.165, 1.54) is 33.9 Å². The molecule has 0 aliphatic carbocycles. The monoisotopic (exact) mass is 590 g/mol. The van der Waals surface area contributed by atoms with Gasteiger partial charge in [-0.3, -0.25) is 14.2 Å². The summed E-state index contributed by atoms with van der Waals surface area (Å²) in [5.74, 6) is 0.810. The first-order valence-corrected chi connectivity index (χ1v) is 13.4. The molecule has 5 aromatic rings. The fraction of sp³-hybridized carbons (Fsp3) is 0.233. The maximum absolute atomic E-state index is 13.2. The lowest BCUT2D eigenvalue weighted by molar-refractivity contribution is -0.137. The van der Waals surface area contributed by atoms with Crippen molar-refractivity contribution in [3.8, 4) is 17.3 Å². The van der Waals surface area contributed by atoms with Crippen LogP contribution in [0.25, 0.3) is 16.7 Å². The minimum Gasteiger partial charge on any atom is -0.439 e. The predicted molar refractivity (Wildman–Crippen MR) is 149 cm³/mol. The van der Waals surface area contributed by atoms with Crippen LogP contribution in [0.2, 0.25) is 0 Å². The van der Waals surface area contributed by atoms with Gasteiger partial charge < -0.3 is 14.7 Å². The molecule has 10 nitrogen and oxygen atoms in total. The first-order chi connectivity index (χ1) is 20.6. The number of pyridine rings is 1. The molecule has 0 unspecified atom stereocenters. The van der Waals surface area contributed by atoms with E-state index in [0.717, 1.165) is 12.1 Å². The number of benzene rings is 2. The third kappa shape index (κ3) is 5.84. The van der Waals surface area contributed by atoms with E-state index >= 15 is 0 Å². The normalized spacial score (nSPS) is 15.0. The third-order valence-electron chi connectivity index (χ3n) is 7.40. The third-order valence-corrected chi connectivity index (χ3v) is 7.40. The van der Waals surface area contributed by atoms with E-state index in [0.29, 0.717) is 22.9 Å². The average molecular weight is 591 g/mol. The van der Waals surface area contributed by atoms with Crippen LogP contribution >= 0.6 is 0 Å². The van der Waals surface area contributed by atoms with Gasteiger partial charge in [-0.05, 0) is 67.4 Å². The first kappa shape index (κ1) is 28.1. The second-order valence-corrected chi connectivity index (χ2v) is 10.3. The molecule has 0 bridgehead atoms. The molecule has 1 saturated heterocycles. The Labute approximate surface area is 242 Å². The molecule has 1 aliphatic rings. The van der Waals surface area contributed by atoms with Crippen LogP contribution in [-0.4, -0.2) is 58.9 Å². The van der Waals surface area contributed by atoms with Crippen molar-refractivity contribution in [2.24, 2.45) is 0 Å². The highest BCUT2D eigenvalue weighted by molar-refractivity contribution is 5.94. The van der Waals surface area contributed by atoms with E-state index in [1.54, 1.807) is 47.5 Å². The summed E-state index contributed by atoms with van der Waals surface area (Å²) in [6.07, 6.45) is 0.233. The van der Waals surface area contributed by atoms with Gasteiger partial charge in [-0.25, -0.2) is 14.6 Å². The van der Waals surface area contributed by atoms with E-state index in [4.69, 9.17) is 4.74 Å². The Morgan fingerprint density at radius 1 is 0.977 bits per heavy atom. The molecule has 0 atom stereocenters. The van der Waals surface area contributed by atoms with Gasteiger partial charge in [-0.15, -0.1) is 0 Å². The summed E-state index contributed by atoms with van der Waals surface area (Å²) in [7, 11) is 0. The second-order valence-electron chi connectivity index (χ2n) is 10.3. The van der Waals surface area contributed by atoms with E-state index in [2.05, 4.69) is 15.1 Å². The summed E-state index contributed by atoms with van der Waals surface area (Å²) in [4.78, 5) is 36.4. The maximum atomic E-state index is 13.2. The van der Waals surface area contributed by atoms with Crippen molar-refractivity contribution >= 4 is 16.9 Å². The standard InChI is InChI=1S/C30H25F3N6O4/c31-30(32,33)21-6-8-22(9-7-21)39-26-24(17-36-39)28(41)38(19-35-26)18-29(42)12-15-37(16-13-29)27(40)20-4-10-23(11-5-20)43-25-3-1-2-14-34-25/h1-11,14,17,19,42H,12-13,15-16,18H2. The Bertz CT molecular complexity index is 1810. The number of alkyl halides is 3. The van der Waals surface area contributed by atoms with Gasteiger partial charge in [0.15, 0.2) is 5.65 Å². The Morgan fingerprint density at radius 3 is 2.35 bits per heavy atom. The Morgan fingerprint density at radius 2 is 1.70 bits per heavy atom. The molecule has 13 heteroatoms. The number of ether oxygens (including phenoxy) is 1. The van der Waals surface area contributed by atoms with Crippen molar-refractivity contribution in [3.05, 3.63) is 107 Å². The first-order valence-electron chi connectivity index (χ1n) is 13.4. The number of aromatic nitrogens is 5. The van der Waals surface area contributed by atoms with Crippen LogP contribution in [-0.2, 0) is 12.7 Å². The molecule has 6 rings (SSSR count). The van der Waals surface area contributed by atoms with Gasteiger partial charge in [-0.1, -0.05) is 6.07 Å². The molecular weight excluding hydrogens is 565 g/mol. The summed E-state index contributed by atoms with van der Waals surface area (Å²) in [5, 5.41) is 15.6. The zero-order valence-corrected chi connectivity index (χ0v) is 22.6. The van der Waals surface area contributed by atoms with Crippen LogP contribution in [0.15, 0.2) is 90.2 Å². The summed E-state index contributed by atoms with van der Waals surface area (Å²) >= 11 is 0. The zero-order valence-electron chi connectivity index (χ0n) is 22.6. The number of amides is 1. The number of rotatable bonds is 6. The van der Waals surface area contributed by atoms with E-state index < -0.39 is 22.9 Å². The number of carbonyl (C=O) groups excluding carboxylic acids is 1. The molecule has 0 saturated carbocycles. The van der Waals surface area contributed by atoms with Crippen molar-refractivity contribution in [1.29, 1.82) is 0 Å². The molecule has 1 N–H and O–H groups in total. The quantitative estimate of drug-likeness (QED) is 0.311. The van der Waals surface area contributed by atoms with Gasteiger partial charge in [0, 0.05) is 30.9 Å². The molecule has 1 amide bonds. The smallest absolute Gasteiger partial charge is 0.416 e. The minimum absolute atomic E-state index is 0.0399. The fourth-order valence-corrected chi connectivity index (χ4v) is 5.02. The topological polar surface area (TPSA) is 115 Å². The van der Waals surface area contributed by atoms with Crippen molar-refractivity contribution in [3.63, 3.8) is 0 Å². The lowest BCUT2D eigenvalue weighted by Gasteiger charge is -2.38. The number of halogens is 3. The molecular formula is C30H25F3N6O4. The van der Waals surface area contributed by atoms with E-state index in [-0.39, 0.29) is 49.4 Å². The summed E-state index contributed by atoms with van der Waals surface area (Å²) in [6, 6.07) is 16.4. The Hall–Kier alpha value is -5.04. The molecule has 3 aromatic heterocycles. The van der Waals surface area contributed by atoms with Gasteiger partial charge in [-0.2, -0.15) is 18.3 Å². The SMILES string of the molecule is O=C(c1ccc(Oc2ccccn2)cc1)N1CCC(O)(Cn2cnc3c(cnn3-c3ccc(C(F)(F)F)cc3)c2=O)CC1. The van der Waals surface area contributed by atoms with Crippen molar-refractivity contribution < 1.29 is 27.8 Å². The minimum atomic E-state index is -4.47. The second kappa shape index (κ2) is 11.0. The molecule has 43 heavy (non-hydrogen) atoms. The Balaban J connectivity index is 1.11. The highest BCUT2D eigenvalue weighted by atomic mass is 19.4. The van der Waals surface area contributed by atoms with Gasteiger partial charge in [0.05, 0.1) is 29.6 Å². The van der Waals surface area contributed by atoms with Crippen LogP contribution in [0, 0.1) is 0 Å². The van der Waals surface area contributed by atoms with Crippen LogP contribution in [0.5, 0.6) is 11.6 Å². The van der Waals surface area contributed by atoms with Crippen molar-refractivity contribution in [1.82, 2.24) is 29.2 Å². The lowest BCUT2D eigenvalue weighted by atomic mass is 9.91. The van der Waals surface area contributed by atoms with Crippen LogP contribution in [0.4, 0.5) is 13.2 Å². The molecule has 220 valence electrons. The fourth-order valence-electron chi connectivity index (χ4n) is 5.02. The van der Waals surface area contributed by atoms with Crippen LogP contribution in [0.3, 0.4) is 0 Å². The molecule has 1 aliphatic heterocycles. The van der Waals surface area contributed by atoms with E-state index in [9.17, 15) is 27.9 Å². The highest BCUT2D eigenvalue weighted by Gasteiger charge is 2.35. The lowest BCUT2D eigenvalue weighted by Crippen LogP contribution is -2.49. The van der Waals surface area contributed by atoms with Gasteiger partial charge in [0.1, 0.15) is 17.5 Å². The molecule has 1 fully saturated rings. The summed E-state index contributed by atoms with van der Waals surface area (Å²) < 4.78 is 47.0. The highest BCUT2D eigenvalue weighted by Crippen LogP contribution is 2.30. The number of piperidine rings is 1. The predicted octanol–water partition coefficient (Wildman–Crippen LogP) is 4.46. The number of likely N-dealkylation sites (tertiary alicyclic amines) is 1. The largest absolute Gasteiger partial charge is 0.439 e. The number of aliphatic hydroxyl groups is 1. The summed E-state index contributed by atoms with van der Waals surface area (Å²) in [6.45, 7) is 0.539. The maximum Gasteiger partial charge on any atom is 0.416 e. The number of carbonyl (C=O) groups is 1. The number of fused-ring (bicyclic) bond motifs is 1. The number of hydrogen-bond donors (Lipinski definition) is 1. The van der Waals surface area contributed by atoms with Gasteiger partial charge >= 0.3 is 6.18 Å². The van der Waals surface area contributed by atoms with E-state index in [1.807, 2.05) is 6.07 Å². The molecule has 0 spiro atoms. The Kier molecular flexibility index (Phi) is 7.18. The average Bonchev–Trinajstić information content (AvgIpc) is 3.44. The number of nitrogens with zero attached hydrogens (tertiary/aromatic N) is 6.